The highest BCUT2D eigenvalue weighted by Gasteiger charge is 2.24. The van der Waals surface area contributed by atoms with Gasteiger partial charge in [-0.15, -0.1) is 10.2 Å². The van der Waals surface area contributed by atoms with Gasteiger partial charge in [0.2, 0.25) is 0 Å². The van der Waals surface area contributed by atoms with Crippen molar-refractivity contribution in [3.8, 4) is 5.75 Å². The summed E-state index contributed by atoms with van der Waals surface area (Å²) < 4.78 is 6.19. The maximum atomic E-state index is 10.9. The van der Waals surface area contributed by atoms with E-state index in [-0.39, 0.29) is 5.75 Å². The number of aromatic hydroxyl groups is 1. The zero-order valence-electron chi connectivity index (χ0n) is 17.4. The first-order valence-corrected chi connectivity index (χ1v) is 10.3. The minimum Gasteiger partial charge on any atom is -0.504 e. The summed E-state index contributed by atoms with van der Waals surface area (Å²) in [6, 6.07) is 8.62. The second kappa shape index (κ2) is 7.34. The highest BCUT2D eigenvalue weighted by molar-refractivity contribution is 5.94. The Kier molecular flexibility index (Phi) is 4.64. The highest BCUT2D eigenvalue weighted by atomic mass is 16.4. The van der Waals surface area contributed by atoms with E-state index >= 15 is 0 Å². The van der Waals surface area contributed by atoms with Crippen LogP contribution in [0.15, 0.2) is 45.1 Å². The number of aromatic nitrogens is 1. The summed E-state index contributed by atoms with van der Waals surface area (Å²) in [5.41, 5.74) is 4.47. The van der Waals surface area contributed by atoms with Crippen LogP contribution < -0.4 is 5.32 Å². The molecule has 0 spiro atoms. The SMILES string of the molecule is Cc1ccc2c(O)c(C=C3N=Nc4ncccc43)oc2c1CN1C[C@@H](C)N[C@@H](C)C1. The van der Waals surface area contributed by atoms with Crippen LogP contribution in [-0.4, -0.2) is 40.2 Å². The van der Waals surface area contributed by atoms with E-state index in [0.29, 0.717) is 29.4 Å². The molecule has 1 aromatic carbocycles. The smallest absolute Gasteiger partial charge is 0.183 e. The summed E-state index contributed by atoms with van der Waals surface area (Å²) in [5.74, 6) is 1.11. The minimum absolute atomic E-state index is 0.133. The number of hydrogen-bond acceptors (Lipinski definition) is 7. The molecule has 2 aromatic heterocycles. The van der Waals surface area contributed by atoms with Gasteiger partial charge in [0.25, 0.3) is 0 Å². The van der Waals surface area contributed by atoms with Crippen molar-refractivity contribution in [2.24, 2.45) is 10.2 Å². The lowest BCUT2D eigenvalue weighted by Gasteiger charge is -2.36. The number of rotatable bonds is 3. The van der Waals surface area contributed by atoms with Crippen LogP contribution in [0.5, 0.6) is 5.75 Å². The molecule has 2 atom stereocenters. The Morgan fingerprint density at radius 3 is 2.80 bits per heavy atom. The summed E-state index contributed by atoms with van der Waals surface area (Å²) in [7, 11) is 0. The number of azo groups is 1. The van der Waals surface area contributed by atoms with Gasteiger partial charge >= 0.3 is 0 Å². The Hall–Kier alpha value is -3.03. The molecule has 30 heavy (non-hydrogen) atoms. The normalized spacial score (nSPS) is 22.8. The molecular weight excluding hydrogens is 378 g/mol. The molecule has 1 fully saturated rings. The number of furan rings is 1. The van der Waals surface area contributed by atoms with Gasteiger partial charge in [0.15, 0.2) is 17.3 Å². The first kappa shape index (κ1) is 19.0. The molecule has 2 aliphatic rings. The zero-order chi connectivity index (χ0) is 20.8. The number of benzene rings is 1. The lowest BCUT2D eigenvalue weighted by atomic mass is 10.0. The topological polar surface area (TPSA) is 86.2 Å². The Morgan fingerprint density at radius 2 is 2.00 bits per heavy atom. The summed E-state index contributed by atoms with van der Waals surface area (Å²) in [5, 5.41) is 23.4. The fourth-order valence-electron chi connectivity index (χ4n) is 4.47. The molecule has 7 heteroatoms. The lowest BCUT2D eigenvalue weighted by Crippen LogP contribution is -2.53. The number of piperazine rings is 1. The van der Waals surface area contributed by atoms with Crippen molar-refractivity contribution in [1.82, 2.24) is 15.2 Å². The van der Waals surface area contributed by atoms with Crippen molar-refractivity contribution < 1.29 is 9.52 Å². The van der Waals surface area contributed by atoms with E-state index in [2.05, 4.69) is 46.2 Å². The standard InChI is InChI=1S/C23H25N5O2/c1-13-6-7-17-21(29)20(9-19-16-5-4-8-24-23(16)27-26-19)30-22(17)18(13)12-28-10-14(2)25-15(3)11-28/h4-9,14-15,25,29H,10-12H2,1-3H3/t14-,15+. The molecule has 0 aliphatic carbocycles. The summed E-state index contributed by atoms with van der Waals surface area (Å²) in [6.45, 7) is 9.26. The van der Waals surface area contributed by atoms with Crippen molar-refractivity contribution in [1.29, 1.82) is 0 Å². The summed E-state index contributed by atoms with van der Waals surface area (Å²) in [4.78, 5) is 6.66. The van der Waals surface area contributed by atoms with E-state index in [0.717, 1.165) is 47.3 Å². The van der Waals surface area contributed by atoms with E-state index in [9.17, 15) is 5.11 Å². The van der Waals surface area contributed by atoms with Crippen LogP contribution in [0.2, 0.25) is 0 Å². The molecule has 0 bridgehead atoms. The van der Waals surface area contributed by atoms with Gasteiger partial charge < -0.3 is 14.8 Å². The first-order chi connectivity index (χ1) is 14.5. The monoisotopic (exact) mass is 403 g/mol. The van der Waals surface area contributed by atoms with Crippen LogP contribution in [0.4, 0.5) is 5.82 Å². The van der Waals surface area contributed by atoms with Gasteiger partial charge in [0, 0.05) is 55.1 Å². The third-order valence-corrected chi connectivity index (χ3v) is 5.79. The van der Waals surface area contributed by atoms with Crippen molar-refractivity contribution in [2.45, 2.75) is 39.4 Å². The van der Waals surface area contributed by atoms with E-state index in [1.807, 2.05) is 24.3 Å². The minimum atomic E-state index is 0.133. The number of pyridine rings is 1. The van der Waals surface area contributed by atoms with Gasteiger partial charge in [-0.25, -0.2) is 4.98 Å². The maximum absolute atomic E-state index is 10.9. The molecule has 4 heterocycles. The number of nitrogens with one attached hydrogen (secondary N) is 1. The molecule has 5 rings (SSSR count). The van der Waals surface area contributed by atoms with Gasteiger partial charge in [0.1, 0.15) is 11.3 Å². The third-order valence-electron chi connectivity index (χ3n) is 5.79. The Bertz CT molecular complexity index is 1170. The molecule has 3 aromatic rings. The number of nitrogens with zero attached hydrogens (tertiary/aromatic N) is 4. The highest BCUT2D eigenvalue weighted by Crippen LogP contribution is 2.40. The summed E-state index contributed by atoms with van der Waals surface area (Å²) in [6.07, 6.45) is 3.42. The molecular formula is C23H25N5O2. The average Bonchev–Trinajstić information content (AvgIpc) is 3.25. The molecule has 154 valence electrons. The van der Waals surface area contributed by atoms with Crippen LogP contribution >= 0.6 is 0 Å². The van der Waals surface area contributed by atoms with Crippen molar-refractivity contribution >= 4 is 28.6 Å². The molecule has 2 aliphatic heterocycles. The van der Waals surface area contributed by atoms with Crippen molar-refractivity contribution in [3.63, 3.8) is 0 Å². The largest absolute Gasteiger partial charge is 0.504 e. The maximum Gasteiger partial charge on any atom is 0.183 e. The number of hydrogen-bond donors (Lipinski definition) is 2. The van der Waals surface area contributed by atoms with E-state index in [1.54, 1.807) is 12.3 Å². The van der Waals surface area contributed by atoms with E-state index in [4.69, 9.17) is 4.42 Å². The molecule has 2 N–H and O–H groups in total. The zero-order valence-corrected chi connectivity index (χ0v) is 17.4. The van der Waals surface area contributed by atoms with Gasteiger partial charge in [-0.2, -0.15) is 0 Å². The predicted molar refractivity (Wildman–Crippen MR) is 117 cm³/mol. The van der Waals surface area contributed by atoms with Crippen LogP contribution in [0, 0.1) is 6.92 Å². The van der Waals surface area contributed by atoms with E-state index in [1.165, 1.54) is 0 Å². The molecule has 1 saturated heterocycles. The van der Waals surface area contributed by atoms with Crippen LogP contribution in [0.3, 0.4) is 0 Å². The molecule has 0 saturated carbocycles. The molecule has 0 unspecified atom stereocenters. The van der Waals surface area contributed by atoms with Crippen LogP contribution in [0.25, 0.3) is 22.7 Å². The van der Waals surface area contributed by atoms with Gasteiger partial charge in [-0.05, 0) is 44.5 Å². The first-order valence-electron chi connectivity index (χ1n) is 10.3. The van der Waals surface area contributed by atoms with Crippen molar-refractivity contribution in [3.05, 3.63) is 52.9 Å². The van der Waals surface area contributed by atoms with Crippen molar-refractivity contribution in [2.75, 3.05) is 13.1 Å². The Labute approximate surface area is 175 Å². The Morgan fingerprint density at radius 1 is 1.20 bits per heavy atom. The van der Waals surface area contributed by atoms with Crippen LogP contribution in [-0.2, 0) is 6.54 Å². The van der Waals surface area contributed by atoms with Gasteiger partial charge in [-0.3, -0.25) is 4.90 Å². The molecule has 0 amide bonds. The molecule has 7 nitrogen and oxygen atoms in total. The summed E-state index contributed by atoms with van der Waals surface area (Å²) >= 11 is 0. The van der Waals surface area contributed by atoms with Gasteiger partial charge in [-0.1, -0.05) is 6.07 Å². The fourth-order valence-corrected chi connectivity index (χ4v) is 4.47. The average molecular weight is 403 g/mol. The predicted octanol–water partition coefficient (Wildman–Crippen LogP) is 4.62. The lowest BCUT2D eigenvalue weighted by molar-refractivity contribution is 0.166. The van der Waals surface area contributed by atoms with E-state index < -0.39 is 0 Å². The van der Waals surface area contributed by atoms with Gasteiger partial charge in [0.05, 0.1) is 5.39 Å². The Balaban J connectivity index is 1.54. The quantitative estimate of drug-likeness (QED) is 0.666. The molecule has 0 radical (unpaired) electrons. The fraction of sp³-hybridized carbons (Fsp3) is 0.348. The number of aryl methyl sites for hydroxylation is 1. The van der Waals surface area contributed by atoms with Crippen LogP contribution in [0.1, 0.15) is 36.3 Å². The second-order valence-electron chi connectivity index (χ2n) is 8.32. The number of fused-ring (bicyclic) bond motifs is 2. The third kappa shape index (κ3) is 3.30. The second-order valence-corrected chi connectivity index (χ2v) is 8.32.